The molecule has 0 bridgehead atoms. The van der Waals surface area contributed by atoms with Gasteiger partial charge in [-0.2, -0.15) is 0 Å². The number of rotatable bonds is 5. The van der Waals surface area contributed by atoms with Crippen LogP contribution in [0.2, 0.25) is 0 Å². The third kappa shape index (κ3) is 4.35. The largest absolute Gasteiger partial charge is 0.352 e. The van der Waals surface area contributed by atoms with Crippen molar-refractivity contribution >= 4 is 5.91 Å². The number of carbonyl (C=O) groups is 1. The lowest BCUT2D eigenvalue weighted by molar-refractivity contribution is -0.120. The molecule has 2 N–H and O–H groups in total. The van der Waals surface area contributed by atoms with Crippen molar-refractivity contribution in [2.45, 2.75) is 39.2 Å². The first-order valence-corrected chi connectivity index (χ1v) is 6.24. The fourth-order valence-electron chi connectivity index (χ4n) is 2.44. The number of nitrogens with one attached hydrogen (secondary N) is 2. The number of amides is 1. The lowest BCUT2D eigenvalue weighted by Crippen LogP contribution is -2.44. The van der Waals surface area contributed by atoms with Gasteiger partial charge >= 0.3 is 0 Å². The van der Waals surface area contributed by atoms with Crippen LogP contribution < -0.4 is 10.6 Å². The number of carbonyl (C=O) groups excluding carboxylic acids is 1. The zero-order valence-corrected chi connectivity index (χ0v) is 10.5. The van der Waals surface area contributed by atoms with Gasteiger partial charge in [-0.1, -0.05) is 19.9 Å². The Hall–Kier alpha value is -0.830. The zero-order chi connectivity index (χ0) is 12.0. The van der Waals surface area contributed by atoms with Crippen LogP contribution in [-0.4, -0.2) is 25.0 Å². The van der Waals surface area contributed by atoms with E-state index in [4.69, 9.17) is 0 Å². The fourth-order valence-corrected chi connectivity index (χ4v) is 2.44. The van der Waals surface area contributed by atoms with E-state index in [1.807, 2.05) is 0 Å². The third-order valence-electron chi connectivity index (χ3n) is 3.40. The normalized spacial score (nSPS) is 29.8. The van der Waals surface area contributed by atoms with Crippen LogP contribution >= 0.6 is 0 Å². The maximum absolute atomic E-state index is 11.4. The highest BCUT2D eigenvalue weighted by atomic mass is 16.1. The second-order valence-corrected chi connectivity index (χ2v) is 4.98. The Bertz CT molecular complexity index is 240. The Balaban J connectivity index is 2.21. The van der Waals surface area contributed by atoms with Crippen LogP contribution in [0.1, 0.15) is 33.1 Å². The molecule has 92 valence electrons. The van der Waals surface area contributed by atoms with Gasteiger partial charge in [-0.3, -0.25) is 4.79 Å². The average Bonchev–Trinajstić information content (AvgIpc) is 2.25. The fraction of sp³-hybridized carbons (Fsp3) is 0.769. The summed E-state index contributed by atoms with van der Waals surface area (Å²) in [5.74, 6) is 1.57. The van der Waals surface area contributed by atoms with Crippen molar-refractivity contribution in [3.63, 3.8) is 0 Å². The van der Waals surface area contributed by atoms with Crippen molar-refractivity contribution in [1.82, 2.24) is 10.6 Å². The first-order valence-electron chi connectivity index (χ1n) is 6.24. The van der Waals surface area contributed by atoms with Crippen LogP contribution in [0, 0.1) is 11.8 Å². The summed E-state index contributed by atoms with van der Waals surface area (Å²) in [6.45, 7) is 9.13. The molecule has 3 heteroatoms. The molecule has 0 aliphatic heterocycles. The van der Waals surface area contributed by atoms with E-state index < -0.39 is 0 Å². The summed E-state index contributed by atoms with van der Waals surface area (Å²) in [5.41, 5.74) is 0. The van der Waals surface area contributed by atoms with E-state index >= 15 is 0 Å². The van der Waals surface area contributed by atoms with Crippen molar-refractivity contribution < 1.29 is 4.79 Å². The van der Waals surface area contributed by atoms with E-state index in [9.17, 15) is 4.79 Å². The first-order chi connectivity index (χ1) is 7.63. The molecule has 0 heterocycles. The van der Waals surface area contributed by atoms with Gasteiger partial charge in [0.25, 0.3) is 0 Å². The molecular formula is C13H24N2O. The lowest BCUT2D eigenvalue weighted by Gasteiger charge is -2.33. The molecule has 0 radical (unpaired) electrons. The van der Waals surface area contributed by atoms with Crippen molar-refractivity contribution in [2.75, 3.05) is 13.1 Å². The molecule has 1 rings (SSSR count). The monoisotopic (exact) mass is 224 g/mol. The van der Waals surface area contributed by atoms with Crippen LogP contribution in [-0.2, 0) is 4.79 Å². The highest BCUT2D eigenvalue weighted by Crippen LogP contribution is 2.28. The van der Waals surface area contributed by atoms with E-state index in [0.717, 1.165) is 5.92 Å². The summed E-state index contributed by atoms with van der Waals surface area (Å²) in [7, 11) is 0. The van der Waals surface area contributed by atoms with Crippen LogP contribution in [0.25, 0.3) is 0 Å². The van der Waals surface area contributed by atoms with Crippen molar-refractivity contribution in [3.8, 4) is 0 Å². The second kappa shape index (κ2) is 6.69. The highest BCUT2D eigenvalue weighted by molar-refractivity contribution is 5.78. The Labute approximate surface area is 98.7 Å². The summed E-state index contributed by atoms with van der Waals surface area (Å²) in [5, 5.41) is 6.13. The van der Waals surface area contributed by atoms with Gasteiger partial charge in [-0.15, -0.1) is 6.58 Å². The first kappa shape index (κ1) is 13.2. The van der Waals surface area contributed by atoms with Crippen LogP contribution in [0.15, 0.2) is 12.7 Å². The zero-order valence-electron chi connectivity index (χ0n) is 10.5. The molecule has 1 fully saturated rings. The molecule has 0 aromatic carbocycles. The van der Waals surface area contributed by atoms with Gasteiger partial charge in [0.2, 0.25) is 5.91 Å². The number of hydrogen-bond acceptors (Lipinski definition) is 2. The Morgan fingerprint density at radius 3 is 2.81 bits per heavy atom. The van der Waals surface area contributed by atoms with Crippen LogP contribution in [0.4, 0.5) is 0 Å². The summed E-state index contributed by atoms with van der Waals surface area (Å²) in [4.78, 5) is 11.4. The lowest BCUT2D eigenvalue weighted by atomic mass is 9.80. The molecule has 3 unspecified atom stereocenters. The molecule has 3 nitrogen and oxygen atoms in total. The van der Waals surface area contributed by atoms with Gasteiger partial charge in [0.15, 0.2) is 0 Å². The number of hydrogen-bond donors (Lipinski definition) is 2. The Morgan fingerprint density at radius 1 is 1.44 bits per heavy atom. The molecule has 16 heavy (non-hydrogen) atoms. The topological polar surface area (TPSA) is 41.1 Å². The SMILES string of the molecule is C=CCNC(=O)CNC1CCC(C)CC1C. The summed E-state index contributed by atoms with van der Waals surface area (Å²) >= 11 is 0. The summed E-state index contributed by atoms with van der Waals surface area (Å²) in [6, 6.07) is 0.505. The van der Waals surface area contributed by atoms with E-state index in [0.29, 0.717) is 25.0 Å². The van der Waals surface area contributed by atoms with Crippen molar-refractivity contribution in [1.29, 1.82) is 0 Å². The van der Waals surface area contributed by atoms with Gasteiger partial charge in [0.05, 0.1) is 6.54 Å². The van der Waals surface area contributed by atoms with Gasteiger partial charge in [0.1, 0.15) is 0 Å². The molecule has 1 saturated carbocycles. The maximum atomic E-state index is 11.4. The highest BCUT2D eigenvalue weighted by Gasteiger charge is 2.24. The van der Waals surface area contributed by atoms with E-state index in [-0.39, 0.29) is 5.91 Å². The molecular weight excluding hydrogens is 200 g/mol. The summed E-state index contributed by atoms with van der Waals surface area (Å²) < 4.78 is 0. The minimum absolute atomic E-state index is 0.0609. The van der Waals surface area contributed by atoms with Crippen LogP contribution in [0.3, 0.4) is 0 Å². The minimum Gasteiger partial charge on any atom is -0.352 e. The predicted octanol–water partition coefficient (Wildman–Crippen LogP) is 1.70. The van der Waals surface area contributed by atoms with Gasteiger partial charge in [-0.05, 0) is 31.1 Å². The molecule has 1 aliphatic rings. The average molecular weight is 224 g/mol. The molecule has 3 atom stereocenters. The molecule has 0 spiro atoms. The van der Waals surface area contributed by atoms with Crippen LogP contribution in [0.5, 0.6) is 0 Å². The Kier molecular flexibility index (Phi) is 5.53. The molecule has 1 amide bonds. The maximum Gasteiger partial charge on any atom is 0.234 e. The van der Waals surface area contributed by atoms with E-state index in [1.54, 1.807) is 6.08 Å². The van der Waals surface area contributed by atoms with Gasteiger partial charge < -0.3 is 10.6 Å². The van der Waals surface area contributed by atoms with Crippen molar-refractivity contribution in [3.05, 3.63) is 12.7 Å². The molecule has 0 aromatic rings. The van der Waals surface area contributed by atoms with E-state index in [1.165, 1.54) is 19.3 Å². The molecule has 0 saturated heterocycles. The Morgan fingerprint density at radius 2 is 2.19 bits per heavy atom. The predicted molar refractivity (Wildman–Crippen MR) is 67.2 cm³/mol. The standard InChI is InChI=1S/C13H24N2O/c1-4-7-14-13(16)9-15-12-6-5-10(2)8-11(12)3/h4,10-12,15H,1,5-9H2,2-3H3,(H,14,16). The molecule has 1 aliphatic carbocycles. The quantitative estimate of drug-likeness (QED) is 0.698. The van der Waals surface area contributed by atoms with E-state index in [2.05, 4.69) is 31.1 Å². The smallest absolute Gasteiger partial charge is 0.234 e. The molecule has 0 aromatic heterocycles. The second-order valence-electron chi connectivity index (χ2n) is 4.98. The summed E-state index contributed by atoms with van der Waals surface area (Å²) in [6.07, 6.45) is 5.43. The minimum atomic E-state index is 0.0609. The van der Waals surface area contributed by atoms with Gasteiger partial charge in [0, 0.05) is 12.6 Å². The van der Waals surface area contributed by atoms with Crippen molar-refractivity contribution in [2.24, 2.45) is 11.8 Å². The third-order valence-corrected chi connectivity index (χ3v) is 3.40. The van der Waals surface area contributed by atoms with Gasteiger partial charge in [-0.25, -0.2) is 0 Å².